The van der Waals surface area contributed by atoms with Crippen molar-refractivity contribution in [2.75, 3.05) is 13.7 Å². The molecule has 1 saturated heterocycles. The molecule has 3 aromatic heterocycles. The summed E-state index contributed by atoms with van der Waals surface area (Å²) < 4.78 is 8.63. The molecule has 2 aliphatic rings. The number of rotatable bonds is 5. The fraction of sp³-hybridized carbons (Fsp3) is 0.423. The summed E-state index contributed by atoms with van der Waals surface area (Å²) in [4.78, 5) is 33.9. The van der Waals surface area contributed by atoms with Gasteiger partial charge in [0.15, 0.2) is 0 Å². The quantitative estimate of drug-likeness (QED) is 0.383. The zero-order valence-corrected chi connectivity index (χ0v) is 22.6. The van der Waals surface area contributed by atoms with E-state index >= 15 is 0 Å². The molecule has 36 heavy (non-hydrogen) atoms. The van der Waals surface area contributed by atoms with E-state index in [1.807, 2.05) is 12.1 Å². The number of aryl methyl sites for hydroxylation is 1. The van der Waals surface area contributed by atoms with Crippen molar-refractivity contribution in [2.45, 2.75) is 44.7 Å². The van der Waals surface area contributed by atoms with Gasteiger partial charge < -0.3 is 15.0 Å². The summed E-state index contributed by atoms with van der Waals surface area (Å²) in [6, 6.07) is 10.3. The smallest absolute Gasteiger partial charge is 0.328 e. The number of aromatic nitrogens is 3. The van der Waals surface area contributed by atoms with Gasteiger partial charge >= 0.3 is 5.69 Å². The number of methoxy groups -OCH3 is 1. The molecule has 0 saturated carbocycles. The summed E-state index contributed by atoms with van der Waals surface area (Å²) in [5, 5.41) is 3.77. The molecule has 4 heterocycles. The average Bonchev–Trinajstić information content (AvgIpc) is 3.46. The van der Waals surface area contributed by atoms with E-state index in [4.69, 9.17) is 4.74 Å². The van der Waals surface area contributed by atoms with Crippen molar-refractivity contribution >= 4 is 56.6 Å². The Morgan fingerprint density at radius 3 is 2.83 bits per heavy atom. The van der Waals surface area contributed by atoms with Crippen LogP contribution in [0.15, 0.2) is 46.1 Å². The van der Waals surface area contributed by atoms with Gasteiger partial charge in [-0.15, -0.1) is 36.2 Å². The van der Waals surface area contributed by atoms with Crippen LogP contribution >= 0.6 is 36.2 Å². The maximum absolute atomic E-state index is 13.5. The molecule has 1 aliphatic carbocycles. The third kappa shape index (κ3) is 4.14. The molecule has 6 rings (SSSR count). The van der Waals surface area contributed by atoms with Gasteiger partial charge in [-0.1, -0.05) is 25.5 Å². The van der Waals surface area contributed by atoms with E-state index in [2.05, 4.69) is 40.4 Å². The van der Waals surface area contributed by atoms with Crippen molar-refractivity contribution in [3.8, 4) is 5.75 Å². The predicted molar refractivity (Wildman–Crippen MR) is 150 cm³/mol. The molecule has 2 N–H and O–H groups in total. The van der Waals surface area contributed by atoms with Gasteiger partial charge in [-0.2, -0.15) is 0 Å². The van der Waals surface area contributed by atoms with Gasteiger partial charge in [0.25, 0.3) is 5.56 Å². The number of thiophene rings is 1. The van der Waals surface area contributed by atoms with E-state index in [0.717, 1.165) is 36.3 Å². The lowest BCUT2D eigenvalue weighted by Gasteiger charge is -2.35. The standard InChI is InChI=1S/C26H28N4O3S.2ClH/c1-3-14(21-20-16(12-28-21)10-9-15-6-4-7-17(33-2)19(15)20)13-30-25(31)24-23(29-26(30)32)22-18(34-24)8-5-11-27-22;;/h4-8,11,14,16,20-21,28H,3,9-10,12-13H2,1-2H3,(H,29,32);2*1H/t14?,16-,20+,21?;;/m0../s1. The van der Waals surface area contributed by atoms with E-state index in [-0.39, 0.29) is 48.0 Å². The number of benzene rings is 1. The van der Waals surface area contributed by atoms with Gasteiger partial charge in [0.1, 0.15) is 16.0 Å². The Balaban J connectivity index is 0.00000152. The van der Waals surface area contributed by atoms with E-state index in [1.54, 1.807) is 13.3 Å². The molecular formula is C26H30Cl2N4O3S. The number of ether oxygens (including phenoxy) is 1. The molecule has 4 atom stereocenters. The van der Waals surface area contributed by atoms with Crippen LogP contribution < -0.4 is 21.3 Å². The second kappa shape index (κ2) is 10.5. The summed E-state index contributed by atoms with van der Waals surface area (Å²) in [5.74, 6) is 1.94. The molecule has 0 bridgehead atoms. The Morgan fingerprint density at radius 1 is 1.22 bits per heavy atom. The van der Waals surface area contributed by atoms with Crippen molar-refractivity contribution in [1.82, 2.24) is 19.9 Å². The molecular weight excluding hydrogens is 519 g/mol. The second-order valence-corrected chi connectivity index (χ2v) is 10.5. The van der Waals surface area contributed by atoms with Crippen molar-refractivity contribution in [2.24, 2.45) is 11.8 Å². The summed E-state index contributed by atoms with van der Waals surface area (Å²) >= 11 is 1.39. The summed E-state index contributed by atoms with van der Waals surface area (Å²) in [6.45, 7) is 3.48. The monoisotopic (exact) mass is 548 g/mol. The molecule has 192 valence electrons. The van der Waals surface area contributed by atoms with Crippen molar-refractivity contribution in [1.29, 1.82) is 0 Å². The SMILES string of the molecule is CCC(Cn1c(=O)[nH]c2c(sc3cccnc32)c1=O)C1NC[C@@H]2CCc3cccc(OC)c3[C@H]12.Cl.Cl. The van der Waals surface area contributed by atoms with E-state index in [1.165, 1.54) is 27.0 Å². The Morgan fingerprint density at radius 2 is 2.06 bits per heavy atom. The van der Waals surface area contributed by atoms with Gasteiger partial charge in [-0.3, -0.25) is 14.3 Å². The number of hydrogen-bond donors (Lipinski definition) is 2. The highest BCUT2D eigenvalue weighted by molar-refractivity contribution is 7.25. The van der Waals surface area contributed by atoms with Crippen LogP contribution in [-0.4, -0.2) is 34.2 Å². The molecule has 1 aliphatic heterocycles. The highest BCUT2D eigenvalue weighted by Crippen LogP contribution is 2.47. The lowest BCUT2D eigenvalue weighted by molar-refractivity contribution is 0.280. The van der Waals surface area contributed by atoms with Crippen LogP contribution in [0.3, 0.4) is 0 Å². The first-order valence-electron chi connectivity index (χ1n) is 12.0. The number of nitrogens with zero attached hydrogens (tertiary/aromatic N) is 2. The first-order chi connectivity index (χ1) is 16.6. The van der Waals surface area contributed by atoms with Gasteiger partial charge in [-0.25, -0.2) is 4.79 Å². The first kappa shape index (κ1) is 26.7. The van der Waals surface area contributed by atoms with Crippen molar-refractivity contribution in [3.63, 3.8) is 0 Å². The normalized spacial score (nSPS) is 21.3. The summed E-state index contributed by atoms with van der Waals surface area (Å²) in [5.41, 5.74) is 3.31. The minimum atomic E-state index is -0.363. The number of aromatic amines is 1. The van der Waals surface area contributed by atoms with Gasteiger partial charge in [0.05, 0.1) is 17.3 Å². The van der Waals surface area contributed by atoms with Crippen LogP contribution in [0.25, 0.3) is 20.4 Å². The zero-order chi connectivity index (χ0) is 23.4. The highest BCUT2D eigenvalue weighted by atomic mass is 35.5. The minimum Gasteiger partial charge on any atom is -0.496 e. The van der Waals surface area contributed by atoms with Crippen LogP contribution in [0.5, 0.6) is 5.75 Å². The molecule has 0 spiro atoms. The van der Waals surface area contributed by atoms with Gasteiger partial charge in [0, 0.05) is 30.3 Å². The number of nitrogens with one attached hydrogen (secondary N) is 2. The fourth-order valence-electron chi connectivity index (χ4n) is 6.18. The zero-order valence-electron chi connectivity index (χ0n) is 20.2. The molecule has 0 amide bonds. The van der Waals surface area contributed by atoms with Crippen molar-refractivity contribution < 1.29 is 4.74 Å². The van der Waals surface area contributed by atoms with E-state index in [0.29, 0.717) is 34.1 Å². The maximum atomic E-state index is 13.5. The summed E-state index contributed by atoms with van der Waals surface area (Å²) in [6.07, 6.45) is 4.76. The minimum absolute atomic E-state index is 0. The third-order valence-corrected chi connectivity index (χ3v) is 8.95. The maximum Gasteiger partial charge on any atom is 0.328 e. The lowest BCUT2D eigenvalue weighted by Crippen LogP contribution is -2.43. The third-order valence-electron chi connectivity index (χ3n) is 7.82. The molecule has 7 nitrogen and oxygen atoms in total. The molecule has 1 fully saturated rings. The van der Waals surface area contributed by atoms with Crippen LogP contribution in [-0.2, 0) is 13.0 Å². The fourth-order valence-corrected chi connectivity index (χ4v) is 7.24. The topological polar surface area (TPSA) is 89.0 Å². The average molecular weight is 550 g/mol. The number of pyridine rings is 1. The highest BCUT2D eigenvalue weighted by Gasteiger charge is 2.44. The number of fused-ring (bicyclic) bond motifs is 6. The second-order valence-electron chi connectivity index (χ2n) is 9.46. The molecule has 10 heteroatoms. The van der Waals surface area contributed by atoms with E-state index < -0.39 is 0 Å². The van der Waals surface area contributed by atoms with Crippen molar-refractivity contribution in [3.05, 3.63) is 68.5 Å². The van der Waals surface area contributed by atoms with Gasteiger partial charge in [0.2, 0.25) is 0 Å². The van der Waals surface area contributed by atoms with Crippen LogP contribution in [0.1, 0.15) is 36.8 Å². The molecule has 2 unspecified atom stereocenters. The number of H-pyrrole nitrogens is 1. The number of hydrogen-bond acceptors (Lipinski definition) is 6. The summed E-state index contributed by atoms with van der Waals surface area (Å²) in [7, 11) is 1.74. The van der Waals surface area contributed by atoms with Crippen LogP contribution in [0.2, 0.25) is 0 Å². The lowest BCUT2D eigenvalue weighted by atomic mass is 9.71. The Hall–Kier alpha value is -2.39. The Bertz CT molecular complexity index is 1500. The number of halogens is 2. The van der Waals surface area contributed by atoms with Crippen LogP contribution in [0, 0.1) is 11.8 Å². The molecule has 4 aromatic rings. The predicted octanol–water partition coefficient (Wildman–Crippen LogP) is 4.50. The first-order valence-corrected chi connectivity index (χ1v) is 12.8. The molecule has 1 aromatic carbocycles. The van der Waals surface area contributed by atoms with Gasteiger partial charge in [-0.05, 0) is 55.0 Å². The Labute approximate surface area is 225 Å². The van der Waals surface area contributed by atoms with Crippen LogP contribution in [0.4, 0.5) is 0 Å². The van der Waals surface area contributed by atoms with E-state index in [9.17, 15) is 9.59 Å². The molecule has 0 radical (unpaired) electrons. The largest absolute Gasteiger partial charge is 0.496 e. The Kier molecular flexibility index (Phi) is 7.80.